The maximum absolute atomic E-state index is 13.5. The zero-order valence-corrected chi connectivity index (χ0v) is 9.47. The number of halogens is 6. The number of nitrogens with zero attached hydrogens (tertiary/aromatic N) is 2. The van der Waals surface area contributed by atoms with Crippen molar-refractivity contribution < 1.29 is 26.3 Å². The second kappa shape index (κ2) is 4.66. The summed E-state index contributed by atoms with van der Waals surface area (Å²) in [6, 6.07) is 0.995. The van der Waals surface area contributed by atoms with Crippen LogP contribution in [0.3, 0.4) is 0 Å². The third-order valence-corrected chi connectivity index (χ3v) is 2.32. The average Bonchev–Trinajstić information content (AvgIpc) is 2.32. The highest BCUT2D eigenvalue weighted by atomic mass is 19.4. The van der Waals surface area contributed by atoms with Crippen LogP contribution in [0, 0.1) is 17.5 Å². The van der Waals surface area contributed by atoms with Gasteiger partial charge in [0.2, 0.25) is 5.95 Å². The molecule has 0 bridgehead atoms. The van der Waals surface area contributed by atoms with Crippen molar-refractivity contribution in [3.8, 4) is 11.3 Å². The Morgan fingerprint density at radius 3 is 2.05 bits per heavy atom. The fraction of sp³-hybridized carbons (Fsp3) is 0.0909. The van der Waals surface area contributed by atoms with Gasteiger partial charge in [-0.15, -0.1) is 0 Å². The molecule has 1 aromatic carbocycles. The van der Waals surface area contributed by atoms with E-state index >= 15 is 0 Å². The van der Waals surface area contributed by atoms with E-state index in [0.717, 1.165) is 0 Å². The van der Waals surface area contributed by atoms with E-state index in [9.17, 15) is 26.3 Å². The molecule has 0 aliphatic heterocycles. The summed E-state index contributed by atoms with van der Waals surface area (Å²) in [4.78, 5) is 6.34. The molecule has 2 aromatic rings. The van der Waals surface area contributed by atoms with E-state index in [0.29, 0.717) is 12.1 Å². The van der Waals surface area contributed by atoms with E-state index in [-0.39, 0.29) is 6.07 Å². The van der Waals surface area contributed by atoms with Crippen LogP contribution in [0.4, 0.5) is 32.3 Å². The lowest BCUT2D eigenvalue weighted by Crippen LogP contribution is -2.11. The number of alkyl halides is 3. The Morgan fingerprint density at radius 2 is 1.45 bits per heavy atom. The first-order chi connectivity index (χ1) is 9.18. The molecule has 0 radical (unpaired) electrons. The van der Waals surface area contributed by atoms with Crippen LogP contribution in [-0.4, -0.2) is 9.97 Å². The van der Waals surface area contributed by atoms with Gasteiger partial charge in [0, 0.05) is 11.6 Å². The van der Waals surface area contributed by atoms with Crippen LogP contribution in [0.15, 0.2) is 18.2 Å². The van der Waals surface area contributed by atoms with Crippen molar-refractivity contribution in [1.82, 2.24) is 9.97 Å². The minimum absolute atomic E-state index is 0.205. The molecule has 0 aliphatic carbocycles. The van der Waals surface area contributed by atoms with Gasteiger partial charge in [-0.1, -0.05) is 0 Å². The lowest BCUT2D eigenvalue weighted by atomic mass is 10.1. The Labute approximate surface area is 108 Å². The van der Waals surface area contributed by atoms with Crippen molar-refractivity contribution >= 4 is 5.95 Å². The van der Waals surface area contributed by atoms with Crippen LogP contribution in [0.5, 0.6) is 0 Å². The summed E-state index contributed by atoms with van der Waals surface area (Å²) in [7, 11) is 0. The number of nitrogens with two attached hydrogens (primary N) is 1. The maximum Gasteiger partial charge on any atom is 0.433 e. The van der Waals surface area contributed by atoms with E-state index in [1.807, 2.05) is 0 Å². The molecular weight excluding hydrogens is 288 g/mol. The fourth-order valence-corrected chi connectivity index (χ4v) is 1.47. The van der Waals surface area contributed by atoms with Gasteiger partial charge in [-0.05, 0) is 12.1 Å². The first kappa shape index (κ1) is 14.1. The van der Waals surface area contributed by atoms with Gasteiger partial charge >= 0.3 is 6.18 Å². The van der Waals surface area contributed by atoms with Gasteiger partial charge in [-0.3, -0.25) is 0 Å². The molecule has 0 spiro atoms. The van der Waals surface area contributed by atoms with Crippen molar-refractivity contribution in [1.29, 1.82) is 0 Å². The predicted octanol–water partition coefficient (Wildman–Crippen LogP) is 3.16. The topological polar surface area (TPSA) is 51.8 Å². The van der Waals surface area contributed by atoms with Crippen LogP contribution in [0.1, 0.15) is 5.69 Å². The first-order valence-electron chi connectivity index (χ1n) is 5.05. The molecule has 0 saturated heterocycles. The van der Waals surface area contributed by atoms with Gasteiger partial charge < -0.3 is 5.73 Å². The second-order valence-electron chi connectivity index (χ2n) is 3.74. The summed E-state index contributed by atoms with van der Waals surface area (Å²) in [5, 5.41) is 0. The van der Waals surface area contributed by atoms with Gasteiger partial charge in [-0.2, -0.15) is 13.2 Å². The van der Waals surface area contributed by atoms with Crippen molar-refractivity contribution in [2.75, 3.05) is 5.73 Å². The zero-order chi connectivity index (χ0) is 15.1. The van der Waals surface area contributed by atoms with Crippen molar-refractivity contribution in [2.24, 2.45) is 0 Å². The Bertz CT molecular complexity index is 668. The smallest absolute Gasteiger partial charge is 0.368 e. The number of nitrogen functional groups attached to an aromatic ring is 1. The highest BCUT2D eigenvalue weighted by Crippen LogP contribution is 2.31. The Balaban J connectivity index is 2.64. The molecule has 9 heteroatoms. The normalized spacial score (nSPS) is 11.7. The number of benzene rings is 1. The molecule has 2 rings (SSSR count). The highest BCUT2D eigenvalue weighted by molar-refractivity contribution is 5.61. The number of rotatable bonds is 1. The van der Waals surface area contributed by atoms with Gasteiger partial charge in [0.05, 0.1) is 5.69 Å². The summed E-state index contributed by atoms with van der Waals surface area (Å²) in [5.41, 5.74) is 2.44. The third kappa shape index (κ3) is 2.65. The molecule has 20 heavy (non-hydrogen) atoms. The SMILES string of the molecule is Nc1nc(-c2cc(F)c(F)cc2F)cc(C(F)(F)F)n1. The van der Waals surface area contributed by atoms with E-state index in [1.165, 1.54) is 0 Å². The van der Waals surface area contributed by atoms with E-state index < -0.39 is 46.5 Å². The Morgan fingerprint density at radius 1 is 0.850 bits per heavy atom. The minimum atomic E-state index is -4.83. The molecule has 0 aliphatic rings. The molecule has 0 atom stereocenters. The molecule has 106 valence electrons. The monoisotopic (exact) mass is 293 g/mol. The summed E-state index contributed by atoms with van der Waals surface area (Å²) in [6.45, 7) is 0. The molecule has 1 heterocycles. The fourth-order valence-electron chi connectivity index (χ4n) is 1.47. The van der Waals surface area contributed by atoms with Gasteiger partial charge in [0.1, 0.15) is 5.82 Å². The Kier molecular flexibility index (Phi) is 3.28. The Hall–Kier alpha value is -2.32. The van der Waals surface area contributed by atoms with Crippen LogP contribution in [0.25, 0.3) is 11.3 Å². The van der Waals surface area contributed by atoms with Gasteiger partial charge in [0.15, 0.2) is 17.3 Å². The maximum atomic E-state index is 13.5. The quantitative estimate of drug-likeness (QED) is 0.649. The number of hydrogen-bond donors (Lipinski definition) is 1. The van der Waals surface area contributed by atoms with E-state index in [2.05, 4.69) is 9.97 Å². The molecular formula is C11H5F6N3. The number of aromatic nitrogens is 2. The summed E-state index contributed by atoms with van der Waals surface area (Å²) in [6.07, 6.45) is -4.83. The van der Waals surface area contributed by atoms with Crippen molar-refractivity contribution in [2.45, 2.75) is 6.18 Å². The van der Waals surface area contributed by atoms with Crippen LogP contribution >= 0.6 is 0 Å². The predicted molar refractivity (Wildman–Crippen MR) is 56.8 cm³/mol. The number of anilines is 1. The first-order valence-corrected chi connectivity index (χ1v) is 5.05. The molecule has 0 unspecified atom stereocenters. The standard InChI is InChI=1S/C11H5F6N3/c12-5-2-7(14)6(13)1-4(5)8-3-9(11(15,16)17)20-10(18)19-8/h1-3H,(H2,18,19,20). The molecule has 0 fully saturated rings. The van der Waals surface area contributed by atoms with E-state index in [1.54, 1.807) is 0 Å². The zero-order valence-electron chi connectivity index (χ0n) is 9.47. The molecule has 0 amide bonds. The molecule has 2 N–H and O–H groups in total. The average molecular weight is 293 g/mol. The lowest BCUT2D eigenvalue weighted by molar-refractivity contribution is -0.141. The van der Waals surface area contributed by atoms with Crippen molar-refractivity contribution in [3.63, 3.8) is 0 Å². The largest absolute Gasteiger partial charge is 0.433 e. The minimum Gasteiger partial charge on any atom is -0.368 e. The summed E-state index contributed by atoms with van der Waals surface area (Å²) in [5.74, 6) is -4.93. The molecule has 3 nitrogen and oxygen atoms in total. The lowest BCUT2D eigenvalue weighted by Gasteiger charge is -2.09. The molecule has 1 aromatic heterocycles. The van der Waals surface area contributed by atoms with Crippen LogP contribution in [0.2, 0.25) is 0 Å². The van der Waals surface area contributed by atoms with Crippen molar-refractivity contribution in [3.05, 3.63) is 41.3 Å². The second-order valence-corrected chi connectivity index (χ2v) is 3.74. The summed E-state index contributed by atoms with van der Waals surface area (Å²) >= 11 is 0. The van der Waals surface area contributed by atoms with Gasteiger partial charge in [-0.25, -0.2) is 23.1 Å². The number of hydrogen-bond acceptors (Lipinski definition) is 3. The van der Waals surface area contributed by atoms with E-state index in [4.69, 9.17) is 5.73 Å². The van der Waals surface area contributed by atoms with Gasteiger partial charge in [0.25, 0.3) is 0 Å². The third-order valence-electron chi connectivity index (χ3n) is 2.32. The van der Waals surface area contributed by atoms with Crippen LogP contribution < -0.4 is 5.73 Å². The highest BCUT2D eigenvalue weighted by Gasteiger charge is 2.34. The van der Waals surface area contributed by atoms with Crippen LogP contribution in [-0.2, 0) is 6.18 Å². The summed E-state index contributed by atoms with van der Waals surface area (Å²) < 4.78 is 76.9. The molecule has 0 saturated carbocycles.